The molecule has 0 amide bonds. The monoisotopic (exact) mass is 309 g/mol. The van der Waals surface area contributed by atoms with Crippen molar-refractivity contribution in [2.75, 3.05) is 20.3 Å². The van der Waals surface area contributed by atoms with Gasteiger partial charge in [0.15, 0.2) is 0 Å². The van der Waals surface area contributed by atoms with Crippen molar-refractivity contribution < 1.29 is 13.2 Å². The van der Waals surface area contributed by atoms with Gasteiger partial charge < -0.3 is 4.74 Å². The summed E-state index contributed by atoms with van der Waals surface area (Å²) >= 11 is 6.94. The molecule has 1 aromatic heterocycles. The molecule has 0 aliphatic carbocycles. The van der Waals surface area contributed by atoms with E-state index in [9.17, 15) is 8.42 Å². The van der Waals surface area contributed by atoms with E-state index in [4.69, 9.17) is 16.3 Å². The lowest BCUT2D eigenvalue weighted by Gasteiger charge is -2.29. The van der Waals surface area contributed by atoms with Crippen LogP contribution in [0.5, 0.6) is 0 Å². The highest BCUT2D eigenvalue weighted by atomic mass is 35.5. The largest absolute Gasteiger partial charge is 0.381 e. The van der Waals surface area contributed by atoms with Gasteiger partial charge in [-0.3, -0.25) is 0 Å². The minimum Gasteiger partial charge on any atom is -0.381 e. The predicted octanol–water partition coefficient (Wildman–Crippen LogP) is 2.29. The molecular weight excluding hydrogens is 294 g/mol. The highest BCUT2D eigenvalue weighted by Crippen LogP contribution is 2.28. The summed E-state index contributed by atoms with van der Waals surface area (Å²) in [5, 5.41) is 0. The fourth-order valence-electron chi connectivity index (χ4n) is 1.96. The average Bonchev–Trinajstić information content (AvgIpc) is 2.88. The zero-order valence-electron chi connectivity index (χ0n) is 10.1. The van der Waals surface area contributed by atoms with Crippen LogP contribution in [0.15, 0.2) is 16.3 Å². The van der Waals surface area contributed by atoms with Crippen molar-refractivity contribution in [3.05, 3.63) is 17.0 Å². The van der Waals surface area contributed by atoms with E-state index in [2.05, 4.69) is 0 Å². The van der Waals surface area contributed by atoms with E-state index < -0.39 is 10.0 Å². The summed E-state index contributed by atoms with van der Waals surface area (Å²) in [5.74, 6) is 0.348. The molecule has 1 saturated heterocycles. The summed E-state index contributed by atoms with van der Waals surface area (Å²) < 4.78 is 31.9. The Labute approximate surface area is 117 Å². The maximum absolute atomic E-state index is 12.4. The number of halogens is 1. The van der Waals surface area contributed by atoms with Gasteiger partial charge in [-0.2, -0.15) is 4.31 Å². The molecule has 7 heteroatoms. The van der Waals surface area contributed by atoms with Gasteiger partial charge in [0.2, 0.25) is 0 Å². The Morgan fingerprint density at radius 3 is 2.67 bits per heavy atom. The number of thiophene rings is 1. The van der Waals surface area contributed by atoms with Gasteiger partial charge >= 0.3 is 0 Å². The van der Waals surface area contributed by atoms with Gasteiger partial charge in [-0.15, -0.1) is 22.9 Å². The molecule has 1 aliphatic heterocycles. The van der Waals surface area contributed by atoms with Crippen molar-refractivity contribution >= 4 is 33.0 Å². The number of ether oxygens (including phenoxy) is 1. The molecule has 0 radical (unpaired) electrons. The highest BCUT2D eigenvalue weighted by molar-refractivity contribution is 7.91. The SMILES string of the molecule is CN(C1CCOCC1)S(=O)(=O)c1ccc(CCl)s1. The van der Waals surface area contributed by atoms with Gasteiger partial charge in [0.25, 0.3) is 10.0 Å². The third-order valence-electron chi connectivity index (χ3n) is 3.11. The van der Waals surface area contributed by atoms with Crippen molar-refractivity contribution in [3.8, 4) is 0 Å². The van der Waals surface area contributed by atoms with Crippen molar-refractivity contribution in [1.82, 2.24) is 4.31 Å². The second-order valence-corrected chi connectivity index (χ2v) is 7.88. The lowest BCUT2D eigenvalue weighted by molar-refractivity contribution is 0.0632. The number of sulfonamides is 1. The predicted molar refractivity (Wildman–Crippen MR) is 72.7 cm³/mol. The Kier molecular flexibility index (Phi) is 4.66. The van der Waals surface area contributed by atoms with Crippen LogP contribution < -0.4 is 0 Å². The lowest BCUT2D eigenvalue weighted by Crippen LogP contribution is -2.40. The third-order valence-corrected chi connectivity index (χ3v) is 7.02. The first-order valence-corrected chi connectivity index (χ1v) is 8.55. The average molecular weight is 310 g/mol. The van der Waals surface area contributed by atoms with Crippen LogP contribution >= 0.6 is 22.9 Å². The molecule has 0 bridgehead atoms. The molecule has 4 nitrogen and oxygen atoms in total. The van der Waals surface area contributed by atoms with Crippen molar-refractivity contribution in [3.63, 3.8) is 0 Å². The quantitative estimate of drug-likeness (QED) is 0.802. The maximum atomic E-state index is 12.4. The topological polar surface area (TPSA) is 46.6 Å². The van der Waals surface area contributed by atoms with Crippen molar-refractivity contribution in [2.24, 2.45) is 0 Å². The van der Waals surface area contributed by atoms with Gasteiger partial charge in [-0.05, 0) is 25.0 Å². The fourth-order valence-corrected chi connectivity index (χ4v) is 5.02. The summed E-state index contributed by atoms with van der Waals surface area (Å²) in [5.41, 5.74) is 0. The number of rotatable bonds is 4. The Bertz CT molecular complexity index is 494. The molecule has 1 aliphatic rings. The van der Waals surface area contributed by atoms with Crippen molar-refractivity contribution in [1.29, 1.82) is 0 Å². The van der Waals surface area contributed by atoms with Crippen LogP contribution in [-0.2, 0) is 20.6 Å². The molecule has 0 atom stereocenters. The van der Waals surface area contributed by atoms with Crippen LogP contribution in [0.2, 0.25) is 0 Å². The Balaban J connectivity index is 2.18. The van der Waals surface area contributed by atoms with E-state index in [-0.39, 0.29) is 6.04 Å². The van der Waals surface area contributed by atoms with Gasteiger partial charge in [0.1, 0.15) is 4.21 Å². The number of alkyl halides is 1. The second kappa shape index (κ2) is 5.88. The zero-order chi connectivity index (χ0) is 13.2. The molecular formula is C11H16ClNO3S2. The molecule has 0 unspecified atom stereocenters. The number of hydrogen-bond donors (Lipinski definition) is 0. The molecule has 2 heterocycles. The smallest absolute Gasteiger partial charge is 0.252 e. The van der Waals surface area contributed by atoms with Gasteiger partial charge in [-0.1, -0.05) is 0 Å². The summed E-state index contributed by atoms with van der Waals surface area (Å²) in [6, 6.07) is 3.43. The second-order valence-electron chi connectivity index (χ2n) is 4.22. The molecule has 1 fully saturated rings. The van der Waals surface area contributed by atoms with Crippen LogP contribution in [0, 0.1) is 0 Å². The summed E-state index contributed by atoms with van der Waals surface area (Å²) in [7, 11) is -1.75. The Hall–Kier alpha value is -0.140. The summed E-state index contributed by atoms with van der Waals surface area (Å²) in [6.07, 6.45) is 1.51. The van der Waals surface area contributed by atoms with E-state index >= 15 is 0 Å². The van der Waals surface area contributed by atoms with E-state index in [0.717, 1.165) is 17.7 Å². The molecule has 1 aromatic rings. The Morgan fingerprint density at radius 1 is 1.44 bits per heavy atom. The van der Waals surface area contributed by atoms with Crippen LogP contribution in [-0.4, -0.2) is 39.0 Å². The number of nitrogens with zero attached hydrogens (tertiary/aromatic N) is 1. The molecule has 18 heavy (non-hydrogen) atoms. The highest BCUT2D eigenvalue weighted by Gasteiger charge is 2.30. The summed E-state index contributed by atoms with van der Waals surface area (Å²) in [6.45, 7) is 1.25. The summed E-state index contributed by atoms with van der Waals surface area (Å²) in [4.78, 5) is 0.871. The molecule has 0 aromatic carbocycles. The minimum atomic E-state index is -3.39. The number of hydrogen-bond acceptors (Lipinski definition) is 4. The standard InChI is InChI=1S/C11H16ClNO3S2/c1-13(9-4-6-16-7-5-9)18(14,15)11-3-2-10(8-12)17-11/h2-3,9H,4-8H2,1H3. The molecule has 2 rings (SSSR count). The lowest BCUT2D eigenvalue weighted by atomic mass is 10.1. The molecule has 102 valence electrons. The first kappa shape index (κ1) is 14.3. The van der Waals surface area contributed by atoms with Gasteiger partial charge in [0, 0.05) is 31.2 Å². The molecule has 0 saturated carbocycles. The third kappa shape index (κ3) is 2.88. The zero-order valence-corrected chi connectivity index (χ0v) is 12.5. The Morgan fingerprint density at radius 2 is 2.11 bits per heavy atom. The van der Waals surface area contributed by atoms with E-state index in [1.807, 2.05) is 0 Å². The van der Waals surface area contributed by atoms with Gasteiger partial charge in [0.05, 0.1) is 5.88 Å². The van der Waals surface area contributed by atoms with E-state index in [0.29, 0.717) is 23.3 Å². The van der Waals surface area contributed by atoms with Crippen molar-refractivity contribution in [2.45, 2.75) is 29.0 Å². The van der Waals surface area contributed by atoms with Crippen LogP contribution in [0.3, 0.4) is 0 Å². The van der Waals surface area contributed by atoms with E-state index in [1.165, 1.54) is 15.6 Å². The van der Waals surface area contributed by atoms with Crippen LogP contribution in [0.4, 0.5) is 0 Å². The van der Waals surface area contributed by atoms with Crippen LogP contribution in [0.25, 0.3) is 0 Å². The van der Waals surface area contributed by atoms with Crippen LogP contribution in [0.1, 0.15) is 17.7 Å². The molecule has 0 spiro atoms. The normalized spacial score (nSPS) is 18.4. The fraction of sp³-hybridized carbons (Fsp3) is 0.636. The first-order valence-electron chi connectivity index (χ1n) is 5.76. The molecule has 0 N–H and O–H groups in total. The van der Waals surface area contributed by atoms with E-state index in [1.54, 1.807) is 19.2 Å². The van der Waals surface area contributed by atoms with Gasteiger partial charge in [-0.25, -0.2) is 8.42 Å². The maximum Gasteiger partial charge on any atom is 0.252 e. The minimum absolute atomic E-state index is 0.0327. The first-order chi connectivity index (χ1) is 8.55.